The Morgan fingerprint density at radius 3 is 2.76 bits per heavy atom. The first-order valence-electron chi connectivity index (χ1n) is 8.28. The summed E-state index contributed by atoms with van der Waals surface area (Å²) in [5, 5.41) is 12.5. The molecule has 1 aromatic carbocycles. The first kappa shape index (κ1) is 21.1. The van der Waals surface area contributed by atoms with Crippen molar-refractivity contribution in [2.24, 2.45) is 0 Å². The monoisotopic (exact) mass is 482 g/mol. The number of hydrogen-bond donors (Lipinski definition) is 2. The number of phenols is 1. The van der Waals surface area contributed by atoms with Crippen LogP contribution in [0.1, 0.15) is 16.8 Å². The van der Waals surface area contributed by atoms with Gasteiger partial charge in [0.05, 0.1) is 9.38 Å². The van der Waals surface area contributed by atoms with Crippen LogP contribution in [0.5, 0.6) is 11.5 Å². The van der Waals surface area contributed by atoms with Crippen molar-refractivity contribution in [1.82, 2.24) is 14.9 Å². The molecule has 1 aliphatic heterocycles. The van der Waals surface area contributed by atoms with Crippen LogP contribution in [0, 0.1) is 12.7 Å². The summed E-state index contributed by atoms with van der Waals surface area (Å²) in [5.74, 6) is -1.77. The summed E-state index contributed by atoms with van der Waals surface area (Å²) in [6.45, 7) is 1.77. The number of nitrogens with zero attached hydrogens (tertiary/aromatic N) is 3. The zero-order valence-corrected chi connectivity index (χ0v) is 18.0. The van der Waals surface area contributed by atoms with Crippen LogP contribution in [-0.4, -0.2) is 45.2 Å². The van der Waals surface area contributed by atoms with Gasteiger partial charge in [0.2, 0.25) is 5.95 Å². The lowest BCUT2D eigenvalue weighted by Gasteiger charge is -2.13. The number of imide groups is 1. The van der Waals surface area contributed by atoms with Crippen molar-refractivity contribution in [3.8, 4) is 11.5 Å². The van der Waals surface area contributed by atoms with Crippen LogP contribution >= 0.6 is 27.7 Å². The van der Waals surface area contributed by atoms with Gasteiger partial charge < -0.3 is 15.2 Å². The number of anilines is 1. The normalized spacial score (nSPS) is 15.3. The number of aryl methyl sites for hydroxylation is 1. The van der Waals surface area contributed by atoms with Crippen molar-refractivity contribution in [2.75, 3.05) is 19.4 Å². The second kappa shape index (κ2) is 8.37. The number of rotatable bonds is 5. The number of aromatic nitrogens is 2. The Bertz CT molecular complexity index is 1050. The Balaban J connectivity index is 1.90. The number of benzene rings is 1. The number of likely N-dealkylation sites (N-methyl/N-ethyl adjacent to an activating group) is 1. The predicted molar refractivity (Wildman–Crippen MR) is 110 cm³/mol. The molecule has 1 saturated heterocycles. The molecule has 152 valence electrons. The standard InChI is InChI=1S/C18H16BrFN4O4S/c1-8-10(6-22-17(21-2)23-8)7-28-11-4-9(13(19)14(20)15(11)25)5-12-16(26)24(3)18(27)29-12/h4-6,25H,7H2,1-3H3,(H,21,22,23)/b12-5-. The van der Waals surface area contributed by atoms with Crippen LogP contribution in [0.4, 0.5) is 15.1 Å². The number of carbonyl (C=O) groups excluding carboxylic acids is 2. The zero-order valence-electron chi connectivity index (χ0n) is 15.6. The van der Waals surface area contributed by atoms with E-state index >= 15 is 0 Å². The van der Waals surface area contributed by atoms with Crippen molar-refractivity contribution in [2.45, 2.75) is 13.5 Å². The molecule has 1 aliphatic rings. The van der Waals surface area contributed by atoms with Crippen LogP contribution in [-0.2, 0) is 11.4 Å². The minimum atomic E-state index is -0.942. The molecule has 2 amide bonds. The molecular weight excluding hydrogens is 467 g/mol. The molecule has 2 aromatic rings. The third-order valence-electron chi connectivity index (χ3n) is 4.13. The molecule has 0 bridgehead atoms. The highest BCUT2D eigenvalue weighted by Gasteiger charge is 2.32. The molecule has 8 nitrogen and oxygen atoms in total. The first-order valence-corrected chi connectivity index (χ1v) is 9.89. The van der Waals surface area contributed by atoms with Gasteiger partial charge in [-0.3, -0.25) is 14.5 Å². The zero-order chi connectivity index (χ0) is 21.3. The summed E-state index contributed by atoms with van der Waals surface area (Å²) in [5.41, 5.74) is 1.56. The van der Waals surface area contributed by atoms with E-state index in [2.05, 4.69) is 31.2 Å². The van der Waals surface area contributed by atoms with E-state index < -0.39 is 22.7 Å². The largest absolute Gasteiger partial charge is 0.502 e. The van der Waals surface area contributed by atoms with Gasteiger partial charge in [0.15, 0.2) is 17.3 Å². The topological polar surface area (TPSA) is 105 Å². The maximum Gasteiger partial charge on any atom is 0.293 e. The lowest BCUT2D eigenvalue weighted by atomic mass is 10.1. The smallest absolute Gasteiger partial charge is 0.293 e. The summed E-state index contributed by atoms with van der Waals surface area (Å²) in [4.78, 5) is 33.2. The number of amides is 2. The molecule has 0 saturated carbocycles. The van der Waals surface area contributed by atoms with Gasteiger partial charge in [0.1, 0.15) is 6.61 Å². The van der Waals surface area contributed by atoms with E-state index in [1.54, 1.807) is 20.2 Å². The Morgan fingerprint density at radius 2 is 2.17 bits per heavy atom. The van der Waals surface area contributed by atoms with Crippen LogP contribution in [0.2, 0.25) is 0 Å². The molecule has 0 aliphatic carbocycles. The van der Waals surface area contributed by atoms with Crippen molar-refractivity contribution in [3.63, 3.8) is 0 Å². The summed E-state index contributed by atoms with van der Waals surface area (Å²) >= 11 is 3.81. The average molecular weight is 483 g/mol. The molecule has 0 unspecified atom stereocenters. The summed E-state index contributed by atoms with van der Waals surface area (Å²) in [7, 11) is 3.06. The van der Waals surface area contributed by atoms with E-state index in [-0.39, 0.29) is 27.3 Å². The molecule has 1 aromatic heterocycles. The Hall–Kier alpha value is -2.66. The van der Waals surface area contributed by atoms with E-state index in [1.165, 1.54) is 19.2 Å². The van der Waals surface area contributed by atoms with E-state index in [1.807, 2.05) is 0 Å². The predicted octanol–water partition coefficient (Wildman–Crippen LogP) is 3.68. The van der Waals surface area contributed by atoms with Crippen molar-refractivity contribution in [3.05, 3.63) is 44.3 Å². The lowest BCUT2D eigenvalue weighted by molar-refractivity contribution is -0.121. The maximum atomic E-state index is 14.5. The quantitative estimate of drug-likeness (QED) is 0.621. The molecule has 0 radical (unpaired) electrons. The molecule has 0 atom stereocenters. The Morgan fingerprint density at radius 1 is 1.45 bits per heavy atom. The first-order chi connectivity index (χ1) is 13.7. The highest BCUT2D eigenvalue weighted by Crippen LogP contribution is 2.40. The molecule has 1 fully saturated rings. The highest BCUT2D eigenvalue weighted by atomic mass is 79.9. The number of carbonyl (C=O) groups is 2. The van der Waals surface area contributed by atoms with Gasteiger partial charge in [0.25, 0.3) is 11.1 Å². The van der Waals surface area contributed by atoms with Gasteiger partial charge in [-0.25, -0.2) is 14.4 Å². The maximum absolute atomic E-state index is 14.5. The van der Waals surface area contributed by atoms with E-state index in [0.29, 0.717) is 17.2 Å². The second-order valence-electron chi connectivity index (χ2n) is 6.02. The van der Waals surface area contributed by atoms with Gasteiger partial charge in [0, 0.05) is 31.5 Å². The number of hydrogen-bond acceptors (Lipinski definition) is 8. The summed E-state index contributed by atoms with van der Waals surface area (Å²) < 4.78 is 20.0. The van der Waals surface area contributed by atoms with E-state index in [9.17, 15) is 19.1 Å². The molecular formula is C18H16BrFN4O4S. The number of nitrogens with one attached hydrogen (secondary N) is 1. The van der Waals surface area contributed by atoms with Crippen molar-refractivity contribution < 1.29 is 23.8 Å². The van der Waals surface area contributed by atoms with Gasteiger partial charge in [-0.15, -0.1) is 0 Å². The van der Waals surface area contributed by atoms with Crippen molar-refractivity contribution in [1.29, 1.82) is 0 Å². The van der Waals surface area contributed by atoms with Crippen LogP contribution < -0.4 is 10.1 Å². The van der Waals surface area contributed by atoms with Crippen LogP contribution in [0.25, 0.3) is 6.08 Å². The fourth-order valence-electron chi connectivity index (χ4n) is 2.42. The third kappa shape index (κ3) is 4.20. The van der Waals surface area contributed by atoms with E-state index in [4.69, 9.17) is 4.74 Å². The number of phenolic OH excluding ortho intramolecular Hbond substituents is 1. The molecule has 2 N–H and O–H groups in total. The highest BCUT2D eigenvalue weighted by molar-refractivity contribution is 9.10. The minimum Gasteiger partial charge on any atom is -0.502 e. The van der Waals surface area contributed by atoms with E-state index in [0.717, 1.165) is 16.7 Å². The van der Waals surface area contributed by atoms with Gasteiger partial charge in [-0.05, 0) is 52.3 Å². The van der Waals surface area contributed by atoms with Crippen molar-refractivity contribution >= 4 is 50.9 Å². The minimum absolute atomic E-state index is 0.00459. The fourth-order valence-corrected chi connectivity index (χ4v) is 3.66. The fraction of sp³-hybridized carbons (Fsp3) is 0.222. The lowest BCUT2D eigenvalue weighted by Crippen LogP contribution is -2.22. The molecule has 11 heteroatoms. The molecule has 3 rings (SSSR count). The van der Waals surface area contributed by atoms with Crippen LogP contribution in [0.3, 0.4) is 0 Å². The van der Waals surface area contributed by atoms with Gasteiger partial charge >= 0.3 is 0 Å². The second-order valence-corrected chi connectivity index (χ2v) is 7.81. The molecule has 2 heterocycles. The molecule has 29 heavy (non-hydrogen) atoms. The van der Waals surface area contributed by atoms with Crippen LogP contribution in [0.15, 0.2) is 21.6 Å². The number of aromatic hydroxyl groups is 1. The summed E-state index contributed by atoms with van der Waals surface area (Å²) in [6, 6.07) is 1.38. The van der Waals surface area contributed by atoms with Gasteiger partial charge in [-0.1, -0.05) is 0 Å². The van der Waals surface area contributed by atoms with Gasteiger partial charge in [-0.2, -0.15) is 0 Å². The SMILES string of the molecule is CNc1ncc(COc2cc(/C=C3\SC(=O)N(C)C3=O)c(Br)c(F)c2O)c(C)n1. The Labute approximate surface area is 178 Å². The average Bonchev–Trinajstić information content (AvgIpc) is 2.94. The third-order valence-corrected chi connectivity index (χ3v) is 5.90. The summed E-state index contributed by atoms with van der Waals surface area (Å²) in [6.07, 6.45) is 2.93. The number of ether oxygens (including phenoxy) is 1. The Kier molecular flexibility index (Phi) is 6.08. The number of thioether (sulfide) groups is 1. The number of halogens is 2. The molecule has 0 spiro atoms.